The van der Waals surface area contributed by atoms with Gasteiger partial charge >= 0.3 is 0 Å². The third kappa shape index (κ3) is 4.50. The van der Waals surface area contributed by atoms with Gasteiger partial charge in [-0.1, -0.05) is 35.3 Å². The number of carbonyl (C=O) groups excluding carboxylic acids is 1. The maximum Gasteiger partial charge on any atom is 0.241 e. The minimum Gasteiger partial charge on any atom is -0.369 e. The molecular formula is C20H23Cl2N3O. The van der Waals surface area contributed by atoms with E-state index >= 15 is 0 Å². The van der Waals surface area contributed by atoms with Crippen molar-refractivity contribution in [2.45, 2.75) is 19.9 Å². The fraction of sp³-hybridized carbons (Fsp3) is 0.350. The van der Waals surface area contributed by atoms with E-state index in [2.05, 4.69) is 46.3 Å². The van der Waals surface area contributed by atoms with Crippen molar-refractivity contribution in [2.24, 2.45) is 0 Å². The Hall–Kier alpha value is -1.75. The van der Waals surface area contributed by atoms with Gasteiger partial charge in [0.05, 0.1) is 16.8 Å². The Kier molecular flexibility index (Phi) is 6.07. The van der Waals surface area contributed by atoms with Crippen LogP contribution in [0.3, 0.4) is 0 Å². The van der Waals surface area contributed by atoms with Crippen molar-refractivity contribution >= 4 is 40.5 Å². The molecule has 1 heterocycles. The Morgan fingerprint density at radius 1 is 1.08 bits per heavy atom. The summed E-state index contributed by atoms with van der Waals surface area (Å²) in [7, 11) is 0. The zero-order valence-electron chi connectivity index (χ0n) is 15.0. The van der Waals surface area contributed by atoms with Crippen molar-refractivity contribution in [1.29, 1.82) is 0 Å². The lowest BCUT2D eigenvalue weighted by Gasteiger charge is -2.38. The van der Waals surface area contributed by atoms with Crippen LogP contribution < -0.4 is 10.2 Å². The summed E-state index contributed by atoms with van der Waals surface area (Å²) >= 11 is 12.1. The molecule has 1 amide bonds. The fourth-order valence-electron chi connectivity index (χ4n) is 3.19. The second kappa shape index (κ2) is 8.30. The van der Waals surface area contributed by atoms with E-state index in [1.807, 2.05) is 6.92 Å². The molecule has 138 valence electrons. The third-order valence-electron chi connectivity index (χ3n) is 4.79. The summed E-state index contributed by atoms with van der Waals surface area (Å²) < 4.78 is 0. The van der Waals surface area contributed by atoms with Crippen molar-refractivity contribution in [2.75, 3.05) is 36.4 Å². The number of nitrogens with one attached hydrogen (secondary N) is 1. The predicted octanol–water partition coefficient (Wildman–Crippen LogP) is 4.45. The number of hydrogen-bond acceptors (Lipinski definition) is 3. The number of nitrogens with zero attached hydrogens (tertiary/aromatic N) is 2. The average molecular weight is 392 g/mol. The Morgan fingerprint density at radius 2 is 1.81 bits per heavy atom. The van der Waals surface area contributed by atoms with Crippen molar-refractivity contribution in [1.82, 2.24) is 4.90 Å². The normalized spacial score (nSPS) is 16.4. The van der Waals surface area contributed by atoms with Gasteiger partial charge < -0.3 is 10.2 Å². The highest BCUT2D eigenvalue weighted by Gasteiger charge is 2.26. The van der Waals surface area contributed by atoms with E-state index in [0.29, 0.717) is 15.7 Å². The van der Waals surface area contributed by atoms with Crippen LogP contribution in [-0.2, 0) is 4.79 Å². The summed E-state index contributed by atoms with van der Waals surface area (Å²) in [6, 6.07) is 13.4. The molecule has 0 saturated carbocycles. The summed E-state index contributed by atoms with van der Waals surface area (Å²) in [4.78, 5) is 17.2. The largest absolute Gasteiger partial charge is 0.369 e. The van der Waals surface area contributed by atoms with Gasteiger partial charge in [-0.3, -0.25) is 9.69 Å². The molecule has 0 spiro atoms. The molecule has 0 radical (unpaired) electrons. The molecular weight excluding hydrogens is 369 g/mol. The molecule has 2 aromatic carbocycles. The molecule has 2 aromatic rings. The number of hydrogen-bond donors (Lipinski definition) is 1. The van der Waals surface area contributed by atoms with E-state index in [-0.39, 0.29) is 11.9 Å². The van der Waals surface area contributed by atoms with Crippen LogP contribution in [0.5, 0.6) is 0 Å². The number of halogens is 2. The molecule has 0 aromatic heterocycles. The lowest BCUT2D eigenvalue weighted by molar-refractivity contribution is -0.120. The number of anilines is 2. The highest BCUT2D eigenvalue weighted by Crippen LogP contribution is 2.26. The minimum atomic E-state index is -0.232. The number of rotatable bonds is 4. The lowest BCUT2D eigenvalue weighted by Crippen LogP contribution is -2.52. The van der Waals surface area contributed by atoms with Gasteiger partial charge in [-0.2, -0.15) is 0 Å². The number of amides is 1. The van der Waals surface area contributed by atoms with Gasteiger partial charge in [0.15, 0.2) is 0 Å². The summed E-state index contributed by atoms with van der Waals surface area (Å²) in [5.74, 6) is -0.0711. The number of aryl methyl sites for hydroxylation is 1. The summed E-state index contributed by atoms with van der Waals surface area (Å²) in [6.07, 6.45) is 0. The van der Waals surface area contributed by atoms with Crippen molar-refractivity contribution in [3.05, 3.63) is 58.1 Å². The first-order chi connectivity index (χ1) is 12.4. The zero-order valence-corrected chi connectivity index (χ0v) is 16.5. The predicted molar refractivity (Wildman–Crippen MR) is 110 cm³/mol. The van der Waals surface area contributed by atoms with Crippen LogP contribution in [0.15, 0.2) is 42.5 Å². The summed E-state index contributed by atoms with van der Waals surface area (Å²) in [5, 5.41) is 3.92. The van der Waals surface area contributed by atoms with Gasteiger partial charge in [0.25, 0.3) is 0 Å². The molecule has 26 heavy (non-hydrogen) atoms. The fourth-order valence-corrected chi connectivity index (χ4v) is 3.53. The van der Waals surface area contributed by atoms with Crippen LogP contribution in [0.1, 0.15) is 12.5 Å². The molecule has 1 aliphatic rings. The number of piperazine rings is 1. The Morgan fingerprint density at radius 3 is 2.50 bits per heavy atom. The maximum atomic E-state index is 12.6. The zero-order chi connectivity index (χ0) is 18.7. The van der Waals surface area contributed by atoms with Crippen LogP contribution in [0.2, 0.25) is 10.0 Å². The van der Waals surface area contributed by atoms with Gasteiger partial charge in [-0.05, 0) is 49.7 Å². The maximum absolute atomic E-state index is 12.6. The molecule has 1 saturated heterocycles. The molecule has 4 nitrogen and oxygen atoms in total. The number of carbonyl (C=O) groups is 1. The Balaban J connectivity index is 1.58. The monoisotopic (exact) mass is 391 g/mol. The van der Waals surface area contributed by atoms with Crippen LogP contribution in [0, 0.1) is 6.92 Å². The highest BCUT2D eigenvalue weighted by atomic mass is 35.5. The first-order valence-corrected chi connectivity index (χ1v) is 9.51. The first kappa shape index (κ1) is 19.0. The van der Waals surface area contributed by atoms with Gasteiger partial charge in [0.1, 0.15) is 0 Å². The van der Waals surface area contributed by atoms with E-state index in [1.54, 1.807) is 18.2 Å². The summed E-state index contributed by atoms with van der Waals surface area (Å²) in [6.45, 7) is 7.51. The van der Waals surface area contributed by atoms with E-state index in [4.69, 9.17) is 23.2 Å². The van der Waals surface area contributed by atoms with Crippen LogP contribution in [0.4, 0.5) is 11.4 Å². The molecule has 1 atom stereocenters. The molecule has 1 fully saturated rings. The molecule has 1 N–H and O–H groups in total. The smallest absolute Gasteiger partial charge is 0.241 e. The van der Waals surface area contributed by atoms with Gasteiger partial charge in [0.2, 0.25) is 5.91 Å². The van der Waals surface area contributed by atoms with Crippen LogP contribution in [-0.4, -0.2) is 43.0 Å². The molecule has 0 unspecified atom stereocenters. The molecule has 3 rings (SSSR count). The van der Waals surface area contributed by atoms with E-state index < -0.39 is 0 Å². The van der Waals surface area contributed by atoms with Crippen molar-refractivity contribution < 1.29 is 4.79 Å². The molecule has 0 aliphatic carbocycles. The quantitative estimate of drug-likeness (QED) is 0.835. The Labute approximate surface area is 164 Å². The molecule has 1 aliphatic heterocycles. The molecule has 0 bridgehead atoms. The SMILES string of the molecule is Cc1cccc(N2CCN([C@H](C)C(=O)Nc3cc(Cl)ccc3Cl)CC2)c1. The number of benzene rings is 2. The lowest BCUT2D eigenvalue weighted by atomic mass is 10.1. The van der Waals surface area contributed by atoms with Crippen LogP contribution in [0.25, 0.3) is 0 Å². The van der Waals surface area contributed by atoms with Crippen molar-refractivity contribution in [3.8, 4) is 0 Å². The van der Waals surface area contributed by atoms with Crippen molar-refractivity contribution in [3.63, 3.8) is 0 Å². The second-order valence-electron chi connectivity index (χ2n) is 6.65. The van der Waals surface area contributed by atoms with Gasteiger partial charge in [0, 0.05) is 36.9 Å². The van der Waals surface area contributed by atoms with Crippen LogP contribution >= 0.6 is 23.2 Å². The summed E-state index contributed by atoms with van der Waals surface area (Å²) in [5.41, 5.74) is 3.05. The average Bonchev–Trinajstić information content (AvgIpc) is 2.64. The van der Waals surface area contributed by atoms with E-state index in [1.165, 1.54) is 11.3 Å². The van der Waals surface area contributed by atoms with E-state index in [0.717, 1.165) is 26.2 Å². The topological polar surface area (TPSA) is 35.6 Å². The van der Waals surface area contributed by atoms with Gasteiger partial charge in [-0.15, -0.1) is 0 Å². The van der Waals surface area contributed by atoms with Gasteiger partial charge in [-0.25, -0.2) is 0 Å². The highest BCUT2D eigenvalue weighted by molar-refractivity contribution is 6.35. The standard InChI is InChI=1S/C20H23Cl2N3O/c1-14-4-3-5-17(12-14)25-10-8-24(9-11-25)15(2)20(26)23-19-13-16(21)6-7-18(19)22/h3-7,12-13,15H,8-11H2,1-2H3,(H,23,26)/t15-/m1/s1. The third-order valence-corrected chi connectivity index (χ3v) is 5.36. The van der Waals surface area contributed by atoms with E-state index in [9.17, 15) is 4.79 Å². The second-order valence-corrected chi connectivity index (χ2v) is 7.50. The Bertz CT molecular complexity index is 788. The first-order valence-electron chi connectivity index (χ1n) is 8.75. The molecule has 6 heteroatoms. The minimum absolute atomic E-state index is 0.0711.